The second kappa shape index (κ2) is 7.27. The van der Waals surface area contributed by atoms with Gasteiger partial charge in [0.25, 0.3) is 0 Å². The normalized spacial score (nSPS) is 14.5. The summed E-state index contributed by atoms with van der Waals surface area (Å²) in [5.74, 6) is 0.217. The number of nitrogens with zero attached hydrogens (tertiary/aromatic N) is 3. The van der Waals surface area contributed by atoms with Crippen LogP contribution < -0.4 is 11.1 Å². The molecule has 0 unspecified atom stereocenters. The number of nitrogens with two attached hydrogens (primary N) is 1. The molecule has 0 aromatic carbocycles. The molecule has 1 heterocycles. The summed E-state index contributed by atoms with van der Waals surface area (Å²) in [5, 5.41) is 2.70. The van der Waals surface area contributed by atoms with Crippen molar-refractivity contribution < 1.29 is 4.79 Å². The van der Waals surface area contributed by atoms with Crippen molar-refractivity contribution in [3.8, 4) is 0 Å². The molecule has 7 heteroatoms. The summed E-state index contributed by atoms with van der Waals surface area (Å²) < 4.78 is 0. The van der Waals surface area contributed by atoms with E-state index in [1.807, 2.05) is 11.9 Å². The smallest absolute Gasteiger partial charge is 0.246 e. The number of guanidine groups is 1. The lowest BCUT2D eigenvalue weighted by Gasteiger charge is -2.16. The Bertz CT molecular complexity index is 447. The quantitative estimate of drug-likeness (QED) is 0.468. The zero-order valence-corrected chi connectivity index (χ0v) is 13.1. The molecule has 1 amide bonds. The lowest BCUT2D eigenvalue weighted by molar-refractivity contribution is -0.114. The summed E-state index contributed by atoms with van der Waals surface area (Å²) in [5.41, 5.74) is 6.44. The summed E-state index contributed by atoms with van der Waals surface area (Å²) in [7, 11) is 1.90. The number of halogens is 1. The van der Waals surface area contributed by atoms with Gasteiger partial charge in [0.05, 0.1) is 11.9 Å². The molecule has 2 rings (SSSR count). The van der Waals surface area contributed by atoms with Crippen LogP contribution in [0, 0.1) is 0 Å². The van der Waals surface area contributed by atoms with Crippen molar-refractivity contribution >= 4 is 41.5 Å². The first-order valence-corrected chi connectivity index (χ1v) is 5.89. The molecule has 1 aliphatic carbocycles. The number of nitrogens with one attached hydrogen (secondary N) is 1. The highest BCUT2D eigenvalue weighted by molar-refractivity contribution is 14.0. The molecule has 0 saturated heterocycles. The minimum absolute atomic E-state index is 0. The van der Waals surface area contributed by atoms with Crippen LogP contribution in [0.2, 0.25) is 0 Å². The van der Waals surface area contributed by atoms with Crippen LogP contribution in [0.4, 0.5) is 5.69 Å². The molecule has 0 bridgehead atoms. The number of hydrogen-bond acceptors (Lipinski definition) is 3. The van der Waals surface area contributed by atoms with Gasteiger partial charge in [0.2, 0.25) is 5.91 Å². The minimum Gasteiger partial charge on any atom is -0.370 e. The first-order valence-electron chi connectivity index (χ1n) is 5.89. The number of hydrogen-bond donors (Lipinski definition) is 2. The van der Waals surface area contributed by atoms with Crippen LogP contribution in [-0.2, 0) is 4.79 Å². The third kappa shape index (κ3) is 5.01. The third-order valence-electron chi connectivity index (χ3n) is 2.79. The summed E-state index contributed by atoms with van der Waals surface area (Å²) in [6.07, 6.45) is 5.53. The highest BCUT2D eigenvalue weighted by Crippen LogP contribution is 2.24. The molecule has 0 spiro atoms. The standard InChI is InChI=1S/C12H17N5O.HI/c1-17(10-4-5-10)12(13)15-8-11(18)16-9-3-2-6-14-7-9;/h2-3,6-7,10H,4-5,8H2,1H3,(H2,13,15)(H,16,18);1H. The Kier molecular flexibility index (Phi) is 6.00. The average Bonchev–Trinajstić information content (AvgIpc) is 3.20. The number of anilines is 1. The lowest BCUT2D eigenvalue weighted by Crippen LogP contribution is -2.36. The van der Waals surface area contributed by atoms with Crippen molar-refractivity contribution in [1.29, 1.82) is 0 Å². The molecule has 1 aromatic heterocycles. The molecule has 0 atom stereocenters. The second-order valence-corrected chi connectivity index (χ2v) is 4.31. The predicted octanol–water partition coefficient (Wildman–Crippen LogP) is 1.05. The maximum atomic E-state index is 11.6. The number of amides is 1. The summed E-state index contributed by atoms with van der Waals surface area (Å²) in [6, 6.07) is 4.03. The van der Waals surface area contributed by atoms with Crippen LogP contribution in [0.15, 0.2) is 29.5 Å². The fourth-order valence-corrected chi connectivity index (χ4v) is 1.55. The van der Waals surface area contributed by atoms with Crippen LogP contribution in [0.3, 0.4) is 0 Å². The highest BCUT2D eigenvalue weighted by atomic mass is 127. The van der Waals surface area contributed by atoms with Crippen LogP contribution in [0.25, 0.3) is 0 Å². The Balaban J connectivity index is 0.00000180. The Labute approximate surface area is 129 Å². The van der Waals surface area contributed by atoms with Gasteiger partial charge in [-0.1, -0.05) is 0 Å². The highest BCUT2D eigenvalue weighted by Gasteiger charge is 2.27. The Morgan fingerprint density at radius 2 is 2.37 bits per heavy atom. The molecule has 104 valence electrons. The van der Waals surface area contributed by atoms with Crippen molar-refractivity contribution in [2.45, 2.75) is 18.9 Å². The van der Waals surface area contributed by atoms with Crippen molar-refractivity contribution in [2.24, 2.45) is 10.7 Å². The molecule has 3 N–H and O–H groups in total. The average molecular weight is 375 g/mol. The molecule has 1 saturated carbocycles. The SMILES string of the molecule is CN(C(N)=NCC(=O)Nc1cccnc1)C1CC1.I. The van der Waals surface area contributed by atoms with Gasteiger partial charge in [0, 0.05) is 19.3 Å². The van der Waals surface area contributed by atoms with Crippen LogP contribution >= 0.6 is 24.0 Å². The topological polar surface area (TPSA) is 83.6 Å². The minimum atomic E-state index is -0.199. The molecule has 6 nitrogen and oxygen atoms in total. The van der Waals surface area contributed by atoms with Crippen molar-refractivity contribution in [3.63, 3.8) is 0 Å². The predicted molar refractivity (Wildman–Crippen MR) is 85.6 cm³/mol. The maximum Gasteiger partial charge on any atom is 0.246 e. The van der Waals surface area contributed by atoms with E-state index in [2.05, 4.69) is 15.3 Å². The Hall–Kier alpha value is -1.38. The summed E-state index contributed by atoms with van der Waals surface area (Å²) in [4.78, 5) is 21.5. The second-order valence-electron chi connectivity index (χ2n) is 4.31. The molecule has 0 radical (unpaired) electrons. The van der Waals surface area contributed by atoms with Gasteiger partial charge >= 0.3 is 0 Å². The van der Waals surface area contributed by atoms with Crippen molar-refractivity contribution in [3.05, 3.63) is 24.5 Å². The number of pyridine rings is 1. The molecular formula is C12H18IN5O. The largest absolute Gasteiger partial charge is 0.370 e. The molecule has 1 aromatic rings. The van der Waals surface area contributed by atoms with Crippen LogP contribution in [-0.4, -0.2) is 41.4 Å². The lowest BCUT2D eigenvalue weighted by atomic mass is 10.4. The van der Waals surface area contributed by atoms with E-state index >= 15 is 0 Å². The number of aromatic nitrogens is 1. The molecule has 1 aliphatic rings. The van der Waals surface area contributed by atoms with Crippen molar-refractivity contribution in [1.82, 2.24) is 9.88 Å². The fourth-order valence-electron chi connectivity index (χ4n) is 1.55. The summed E-state index contributed by atoms with van der Waals surface area (Å²) in [6.45, 7) is 0.0256. The van der Waals surface area contributed by atoms with Crippen molar-refractivity contribution in [2.75, 3.05) is 18.9 Å². The van der Waals surface area contributed by atoms with E-state index in [4.69, 9.17) is 5.73 Å². The van der Waals surface area contributed by atoms with Gasteiger partial charge in [-0.2, -0.15) is 0 Å². The third-order valence-corrected chi connectivity index (χ3v) is 2.79. The van der Waals surface area contributed by atoms with E-state index in [1.165, 1.54) is 0 Å². The van der Waals surface area contributed by atoms with Gasteiger partial charge in [0.1, 0.15) is 6.54 Å². The van der Waals surface area contributed by atoms with E-state index in [1.54, 1.807) is 24.5 Å². The van der Waals surface area contributed by atoms with E-state index in [0.29, 0.717) is 17.7 Å². The van der Waals surface area contributed by atoms with Crippen LogP contribution in [0.5, 0.6) is 0 Å². The van der Waals surface area contributed by atoms with E-state index in [9.17, 15) is 4.79 Å². The first-order chi connectivity index (χ1) is 8.66. The Morgan fingerprint density at radius 1 is 1.63 bits per heavy atom. The van der Waals surface area contributed by atoms with Gasteiger partial charge in [-0.25, -0.2) is 4.99 Å². The van der Waals surface area contributed by atoms with Gasteiger partial charge < -0.3 is 16.0 Å². The van der Waals surface area contributed by atoms with E-state index in [0.717, 1.165) is 12.8 Å². The summed E-state index contributed by atoms with van der Waals surface area (Å²) >= 11 is 0. The number of rotatable bonds is 4. The van der Waals surface area contributed by atoms with Gasteiger partial charge in [-0.3, -0.25) is 9.78 Å². The zero-order chi connectivity index (χ0) is 13.0. The Morgan fingerprint density at radius 3 is 2.95 bits per heavy atom. The number of carbonyl (C=O) groups is 1. The maximum absolute atomic E-state index is 11.6. The molecular weight excluding hydrogens is 357 g/mol. The number of carbonyl (C=O) groups excluding carboxylic acids is 1. The monoisotopic (exact) mass is 375 g/mol. The fraction of sp³-hybridized carbons (Fsp3) is 0.417. The molecule has 19 heavy (non-hydrogen) atoms. The van der Waals surface area contributed by atoms with Crippen LogP contribution in [0.1, 0.15) is 12.8 Å². The zero-order valence-electron chi connectivity index (χ0n) is 10.7. The van der Waals surface area contributed by atoms with Gasteiger partial charge in [-0.15, -0.1) is 24.0 Å². The van der Waals surface area contributed by atoms with E-state index < -0.39 is 0 Å². The van der Waals surface area contributed by atoms with E-state index in [-0.39, 0.29) is 36.4 Å². The van der Waals surface area contributed by atoms with Gasteiger partial charge in [-0.05, 0) is 25.0 Å². The number of aliphatic imine (C=N–C) groups is 1. The first kappa shape index (κ1) is 15.7. The van der Waals surface area contributed by atoms with Gasteiger partial charge in [0.15, 0.2) is 5.96 Å². The molecule has 0 aliphatic heterocycles. The molecule has 1 fully saturated rings.